The van der Waals surface area contributed by atoms with E-state index in [0.29, 0.717) is 55.0 Å². The van der Waals surface area contributed by atoms with Gasteiger partial charge in [-0.2, -0.15) is 0 Å². The van der Waals surface area contributed by atoms with Gasteiger partial charge in [0.2, 0.25) is 0 Å². The van der Waals surface area contributed by atoms with E-state index in [1.807, 2.05) is 6.92 Å². The fourth-order valence-electron chi connectivity index (χ4n) is 7.29. The molecule has 1 aliphatic rings. The molecule has 3 aromatic heterocycles. The number of carbonyl (C=O) groups is 2. The van der Waals surface area contributed by atoms with Crippen LogP contribution in [0.15, 0.2) is 110 Å². The third-order valence-corrected chi connectivity index (χ3v) is 10.4. The minimum Gasteiger partial charge on any atom is -0.383 e. The van der Waals surface area contributed by atoms with E-state index >= 15 is 4.39 Å². The molecular weight excluding hydrogens is 711 g/mol. The zero-order valence-corrected chi connectivity index (χ0v) is 30.8. The number of amides is 2. The molecule has 0 bridgehead atoms. The minimum atomic E-state index is -0.590. The van der Waals surface area contributed by atoms with Crippen LogP contribution >= 0.6 is 0 Å². The second-order valence-electron chi connectivity index (χ2n) is 14.2. The van der Waals surface area contributed by atoms with Crippen LogP contribution in [0.2, 0.25) is 0 Å². The lowest BCUT2D eigenvalue weighted by Crippen LogP contribution is -2.43. The first kappa shape index (κ1) is 36.2. The maximum atomic E-state index is 15.8. The summed E-state index contributed by atoms with van der Waals surface area (Å²) in [7, 11) is 2.07. The van der Waals surface area contributed by atoms with Crippen LogP contribution in [0.25, 0.3) is 43.8 Å². The van der Waals surface area contributed by atoms with Crippen LogP contribution < -0.4 is 21.7 Å². The van der Waals surface area contributed by atoms with E-state index in [4.69, 9.17) is 11.5 Å². The van der Waals surface area contributed by atoms with Gasteiger partial charge in [-0.3, -0.25) is 19.5 Å². The molecule has 7 aromatic rings. The number of halogens is 2. The van der Waals surface area contributed by atoms with Crippen LogP contribution in [0.1, 0.15) is 39.3 Å². The summed E-state index contributed by atoms with van der Waals surface area (Å²) < 4.78 is 29.9. The van der Waals surface area contributed by atoms with Crippen LogP contribution in [-0.2, 0) is 0 Å². The summed E-state index contributed by atoms with van der Waals surface area (Å²) in [6, 6.07) is 24.8. The lowest BCUT2D eigenvalue weighted by molar-refractivity contribution is 0.0917. The number of aryl methyl sites for hydroxylation is 1. The molecule has 0 atom stereocenters. The Morgan fingerprint density at radius 3 is 1.96 bits per heavy atom. The number of anilines is 4. The number of nitrogens with one attached hydrogen (secondary N) is 1. The first-order valence-electron chi connectivity index (χ1n) is 18.2. The maximum Gasteiger partial charge on any atom is 0.265 e. The fraction of sp³-hybridized carbons (Fsp3) is 0.159. The fourth-order valence-corrected chi connectivity index (χ4v) is 7.29. The molecule has 0 saturated carbocycles. The van der Waals surface area contributed by atoms with Gasteiger partial charge in [-0.25, -0.2) is 18.7 Å². The topological polar surface area (TPSA) is 143 Å². The average Bonchev–Trinajstić information content (AvgIpc) is 3.19. The quantitative estimate of drug-likeness (QED) is 0.149. The van der Waals surface area contributed by atoms with E-state index in [9.17, 15) is 14.0 Å². The molecule has 0 radical (unpaired) electrons. The third-order valence-electron chi connectivity index (χ3n) is 10.4. The Kier molecular flexibility index (Phi) is 9.57. The highest BCUT2D eigenvalue weighted by Crippen LogP contribution is 2.37. The first-order valence-corrected chi connectivity index (χ1v) is 18.2. The summed E-state index contributed by atoms with van der Waals surface area (Å²) in [4.78, 5) is 45.0. The molecule has 2 amide bonds. The Hall–Kier alpha value is -6.79. The van der Waals surface area contributed by atoms with Crippen LogP contribution in [0.3, 0.4) is 0 Å². The second kappa shape index (κ2) is 14.8. The summed E-state index contributed by atoms with van der Waals surface area (Å²) >= 11 is 0. The molecule has 0 unspecified atom stereocenters. The number of benzene rings is 4. The van der Waals surface area contributed by atoms with E-state index in [2.05, 4.69) is 32.2 Å². The Balaban J connectivity index is 1.19. The molecule has 8 rings (SSSR count). The molecule has 4 heterocycles. The van der Waals surface area contributed by atoms with Gasteiger partial charge in [0.25, 0.3) is 11.8 Å². The Labute approximate surface area is 321 Å². The molecule has 1 saturated heterocycles. The van der Waals surface area contributed by atoms with E-state index in [0.717, 1.165) is 31.6 Å². The summed E-state index contributed by atoms with van der Waals surface area (Å²) in [6.45, 7) is 3.63. The maximum absolute atomic E-state index is 15.8. The van der Waals surface area contributed by atoms with E-state index in [-0.39, 0.29) is 40.7 Å². The van der Waals surface area contributed by atoms with Gasteiger partial charge in [0.05, 0.1) is 28.7 Å². The van der Waals surface area contributed by atoms with Crippen molar-refractivity contribution in [3.63, 3.8) is 0 Å². The average molecular weight is 749 g/mol. The second-order valence-corrected chi connectivity index (χ2v) is 14.2. The molecule has 10 nitrogen and oxygen atoms in total. The molecular formula is C44H38F2N8O2. The minimum absolute atomic E-state index is 0.0605. The standard InChI is InChI=1S/C44H38F2N8O2/c1-25-6-9-33(22-49-25)54(44(56)40-24-51-42(48)38-19-27(7-11-36(38)40)26-4-3-5-30(45)16-26)34-18-29(17-31(46)21-34)28-8-10-35-37(20-28)41(47)50-23-39(35)43(55)52-32-12-14-53(2)15-13-32/h3-11,16-24,32H,12-15H2,1-2H3,(H2,47,50)(H2,48,51)(H,52,55). The monoisotopic (exact) mass is 748 g/mol. The number of nitrogen functional groups attached to an aromatic ring is 2. The number of aromatic nitrogens is 3. The Morgan fingerprint density at radius 1 is 0.679 bits per heavy atom. The SMILES string of the molecule is Cc1ccc(N(C(=O)c2cnc(N)c3cc(-c4cccc(F)c4)ccc23)c2cc(F)cc(-c3ccc4c(C(=O)NC5CCN(C)CC5)cnc(N)c4c3)c2)cn1. The van der Waals surface area contributed by atoms with Gasteiger partial charge >= 0.3 is 0 Å². The van der Waals surface area contributed by atoms with Crippen molar-refractivity contribution in [3.05, 3.63) is 138 Å². The van der Waals surface area contributed by atoms with Gasteiger partial charge in [-0.1, -0.05) is 36.4 Å². The number of fused-ring (bicyclic) bond motifs is 2. The van der Waals surface area contributed by atoms with Crippen molar-refractivity contribution in [2.75, 3.05) is 36.5 Å². The van der Waals surface area contributed by atoms with Crippen LogP contribution in [0, 0.1) is 18.6 Å². The van der Waals surface area contributed by atoms with Gasteiger partial charge in [0.1, 0.15) is 23.3 Å². The third kappa shape index (κ3) is 7.09. The van der Waals surface area contributed by atoms with E-state index in [1.165, 1.54) is 41.6 Å². The highest BCUT2D eigenvalue weighted by atomic mass is 19.1. The number of pyridine rings is 3. The molecule has 5 N–H and O–H groups in total. The zero-order chi connectivity index (χ0) is 39.1. The summed E-state index contributed by atoms with van der Waals surface area (Å²) in [6.07, 6.45) is 6.15. The number of hydrogen-bond donors (Lipinski definition) is 3. The van der Waals surface area contributed by atoms with Gasteiger partial charge in [0.15, 0.2) is 0 Å². The Morgan fingerprint density at radius 2 is 1.30 bits per heavy atom. The van der Waals surface area contributed by atoms with Crippen LogP contribution in [0.5, 0.6) is 0 Å². The summed E-state index contributed by atoms with van der Waals surface area (Å²) in [5.41, 5.74) is 17.1. The highest BCUT2D eigenvalue weighted by Gasteiger charge is 2.26. The molecule has 1 aliphatic heterocycles. The van der Waals surface area contributed by atoms with Crippen molar-refractivity contribution in [2.24, 2.45) is 0 Å². The smallest absolute Gasteiger partial charge is 0.265 e. The van der Waals surface area contributed by atoms with Gasteiger partial charge < -0.3 is 21.7 Å². The van der Waals surface area contributed by atoms with Crippen LogP contribution in [0.4, 0.5) is 31.8 Å². The Bertz CT molecular complexity index is 2660. The van der Waals surface area contributed by atoms with Gasteiger partial charge in [-0.15, -0.1) is 0 Å². The summed E-state index contributed by atoms with van der Waals surface area (Å²) in [5, 5.41) is 5.32. The predicted octanol–water partition coefficient (Wildman–Crippen LogP) is 8.07. The molecule has 12 heteroatoms. The van der Waals surface area contributed by atoms with E-state index in [1.54, 1.807) is 72.9 Å². The molecule has 56 heavy (non-hydrogen) atoms. The zero-order valence-electron chi connectivity index (χ0n) is 30.8. The highest BCUT2D eigenvalue weighted by molar-refractivity contribution is 6.18. The number of rotatable bonds is 7. The molecule has 4 aromatic carbocycles. The van der Waals surface area contributed by atoms with Crippen molar-refractivity contribution in [2.45, 2.75) is 25.8 Å². The molecule has 0 spiro atoms. The first-order chi connectivity index (χ1) is 27.0. The normalized spacial score (nSPS) is 13.6. The number of hydrogen-bond acceptors (Lipinski definition) is 8. The largest absolute Gasteiger partial charge is 0.383 e. The predicted molar refractivity (Wildman–Crippen MR) is 217 cm³/mol. The number of nitrogens with zero attached hydrogens (tertiary/aromatic N) is 5. The van der Waals surface area contributed by atoms with E-state index < -0.39 is 11.7 Å². The van der Waals surface area contributed by atoms with Gasteiger partial charge in [0, 0.05) is 34.9 Å². The number of carbonyl (C=O) groups excluding carboxylic acids is 2. The molecule has 1 fully saturated rings. The molecule has 280 valence electrons. The van der Waals surface area contributed by atoms with Crippen molar-refractivity contribution in [1.82, 2.24) is 25.2 Å². The lowest BCUT2D eigenvalue weighted by atomic mass is 9.97. The lowest BCUT2D eigenvalue weighted by Gasteiger charge is -2.29. The van der Waals surface area contributed by atoms with Gasteiger partial charge in [-0.05, 0) is 128 Å². The number of likely N-dealkylation sites (tertiary alicyclic amines) is 1. The summed E-state index contributed by atoms with van der Waals surface area (Å²) in [5.74, 6) is -1.29. The molecule has 0 aliphatic carbocycles. The van der Waals surface area contributed by atoms with Crippen LogP contribution in [-0.4, -0.2) is 57.8 Å². The van der Waals surface area contributed by atoms with Crippen molar-refractivity contribution < 1.29 is 18.4 Å². The van der Waals surface area contributed by atoms with Crippen molar-refractivity contribution in [1.29, 1.82) is 0 Å². The van der Waals surface area contributed by atoms with Crippen molar-refractivity contribution in [3.8, 4) is 22.3 Å². The number of piperidine rings is 1. The van der Waals surface area contributed by atoms with Crippen molar-refractivity contribution >= 4 is 56.4 Å². The number of nitrogens with two attached hydrogens (primary N) is 2.